The zero-order valence-electron chi connectivity index (χ0n) is 19.3. The molecule has 4 heterocycles. The molecule has 1 aromatic carbocycles. The van der Waals surface area contributed by atoms with E-state index in [4.69, 9.17) is 0 Å². The normalized spacial score (nSPS) is 15.9. The molecule has 3 aromatic heterocycles. The maximum Gasteiger partial charge on any atom is 0.146 e. The van der Waals surface area contributed by atoms with Crippen molar-refractivity contribution in [2.45, 2.75) is 51.9 Å². The van der Waals surface area contributed by atoms with Crippen molar-refractivity contribution in [3.63, 3.8) is 0 Å². The van der Waals surface area contributed by atoms with Crippen molar-refractivity contribution >= 4 is 22.2 Å². The lowest BCUT2D eigenvalue weighted by atomic mass is 9.87. The fourth-order valence-electron chi connectivity index (χ4n) is 5.17. The Labute approximate surface area is 189 Å². The van der Waals surface area contributed by atoms with E-state index in [-0.39, 0.29) is 0 Å². The number of benzene rings is 1. The lowest BCUT2D eigenvalue weighted by Crippen LogP contribution is -2.36. The Balaban J connectivity index is 1.46. The first kappa shape index (κ1) is 21.0. The van der Waals surface area contributed by atoms with Gasteiger partial charge in [0.1, 0.15) is 5.78 Å². The molecule has 1 saturated heterocycles. The predicted molar refractivity (Wildman–Crippen MR) is 130 cm³/mol. The molecule has 166 valence electrons. The number of nitrogens with one attached hydrogen (secondary N) is 1. The van der Waals surface area contributed by atoms with Crippen LogP contribution in [0.4, 0.5) is 0 Å². The molecule has 0 bridgehead atoms. The van der Waals surface area contributed by atoms with Crippen LogP contribution in [0.25, 0.3) is 27.7 Å². The highest BCUT2D eigenvalue weighted by Crippen LogP contribution is 2.38. The molecule has 4 aromatic rings. The average molecular weight is 429 g/mol. The van der Waals surface area contributed by atoms with Gasteiger partial charge in [0.05, 0.1) is 17.8 Å². The van der Waals surface area contributed by atoms with Gasteiger partial charge in [-0.25, -0.2) is 4.52 Å². The Hall–Kier alpha value is -2.92. The number of likely N-dealkylation sites (tertiary alicyclic amines) is 1. The van der Waals surface area contributed by atoms with Crippen molar-refractivity contribution < 1.29 is 4.79 Å². The number of pyridine rings is 1. The number of piperidine rings is 1. The summed E-state index contributed by atoms with van der Waals surface area (Å²) >= 11 is 0. The Morgan fingerprint density at radius 1 is 1.16 bits per heavy atom. The van der Waals surface area contributed by atoms with Crippen LogP contribution in [0.5, 0.6) is 0 Å². The zero-order valence-corrected chi connectivity index (χ0v) is 19.3. The number of H-pyrrole nitrogens is 1. The molecule has 1 fully saturated rings. The van der Waals surface area contributed by atoms with Gasteiger partial charge in [-0.05, 0) is 79.2 Å². The van der Waals surface area contributed by atoms with Crippen molar-refractivity contribution in [1.29, 1.82) is 0 Å². The summed E-state index contributed by atoms with van der Waals surface area (Å²) in [4.78, 5) is 17.8. The molecule has 1 N–H and O–H groups in total. The smallest absolute Gasteiger partial charge is 0.146 e. The number of fused-ring (bicyclic) bond motifs is 2. The van der Waals surface area contributed by atoms with E-state index in [2.05, 4.69) is 59.2 Å². The lowest BCUT2D eigenvalue weighted by molar-refractivity contribution is -0.120. The second-order valence-electron chi connectivity index (χ2n) is 9.43. The molecule has 5 nitrogen and oxygen atoms in total. The minimum Gasteiger partial charge on any atom is -0.354 e. The van der Waals surface area contributed by atoms with Gasteiger partial charge in [0.25, 0.3) is 0 Å². The minimum absolute atomic E-state index is 0.348. The van der Waals surface area contributed by atoms with Crippen LogP contribution in [0.15, 0.2) is 48.8 Å². The number of ketones is 1. The number of aromatic amines is 1. The first-order chi connectivity index (χ1) is 15.5. The van der Waals surface area contributed by atoms with Crippen LogP contribution in [0.1, 0.15) is 63.0 Å². The SMILES string of the molecule is CCC(=O)CN1CCC(c2ccc3[nH]c(-c4ccn5nccc5c4)c(C(C)C)c3c2)CC1. The van der Waals surface area contributed by atoms with Crippen molar-refractivity contribution in [3.8, 4) is 11.3 Å². The summed E-state index contributed by atoms with van der Waals surface area (Å²) in [5, 5.41) is 5.66. The first-order valence-electron chi connectivity index (χ1n) is 11.9. The molecule has 0 radical (unpaired) electrons. The largest absolute Gasteiger partial charge is 0.354 e. The Kier molecular flexibility index (Phi) is 5.60. The molecule has 0 aliphatic carbocycles. The third-order valence-corrected chi connectivity index (χ3v) is 6.98. The van der Waals surface area contributed by atoms with Crippen LogP contribution >= 0.6 is 0 Å². The van der Waals surface area contributed by atoms with Crippen LogP contribution in [-0.4, -0.2) is 44.9 Å². The number of Topliss-reactive ketones (excluding diaryl/α,β-unsaturated/α-hetero) is 1. The van der Waals surface area contributed by atoms with Gasteiger partial charge in [0.15, 0.2) is 0 Å². The zero-order chi connectivity index (χ0) is 22.2. The summed E-state index contributed by atoms with van der Waals surface area (Å²) in [5.74, 6) is 1.33. The van der Waals surface area contributed by atoms with E-state index in [0.717, 1.165) is 31.4 Å². The molecule has 32 heavy (non-hydrogen) atoms. The standard InChI is InChI=1S/C27H32N4O/c1-4-23(32)17-30-12-8-19(9-13-30)20-5-6-25-24(16-20)26(18(2)3)27(29-25)21-10-14-31-22(15-21)7-11-28-31/h5-7,10-11,14-16,18-19,29H,4,8-9,12-13,17H2,1-3H3. The highest BCUT2D eigenvalue weighted by molar-refractivity contribution is 5.92. The van der Waals surface area contributed by atoms with Crippen LogP contribution in [0.2, 0.25) is 0 Å². The fraction of sp³-hybridized carbons (Fsp3) is 0.407. The maximum absolute atomic E-state index is 11.8. The van der Waals surface area contributed by atoms with E-state index in [1.807, 2.05) is 29.9 Å². The Morgan fingerprint density at radius 2 is 1.97 bits per heavy atom. The van der Waals surface area contributed by atoms with Crippen molar-refractivity contribution in [2.24, 2.45) is 0 Å². The van der Waals surface area contributed by atoms with E-state index >= 15 is 0 Å². The lowest BCUT2D eigenvalue weighted by Gasteiger charge is -2.31. The van der Waals surface area contributed by atoms with E-state index in [1.165, 1.54) is 33.3 Å². The summed E-state index contributed by atoms with van der Waals surface area (Å²) in [7, 11) is 0. The molecular weight excluding hydrogens is 396 g/mol. The molecule has 0 amide bonds. The van der Waals surface area contributed by atoms with E-state index < -0.39 is 0 Å². The van der Waals surface area contributed by atoms with Gasteiger partial charge in [0.2, 0.25) is 0 Å². The summed E-state index contributed by atoms with van der Waals surface area (Å²) < 4.78 is 1.90. The van der Waals surface area contributed by atoms with Crippen LogP contribution in [0.3, 0.4) is 0 Å². The quantitative estimate of drug-likeness (QED) is 0.424. The topological polar surface area (TPSA) is 53.4 Å². The fourth-order valence-corrected chi connectivity index (χ4v) is 5.17. The molecule has 0 spiro atoms. The van der Waals surface area contributed by atoms with Crippen LogP contribution in [-0.2, 0) is 4.79 Å². The second kappa shape index (κ2) is 8.55. The highest BCUT2D eigenvalue weighted by atomic mass is 16.1. The number of carbonyl (C=O) groups excluding carboxylic acids is 1. The maximum atomic E-state index is 11.8. The third kappa shape index (κ3) is 3.86. The van der Waals surface area contributed by atoms with Crippen LogP contribution in [0, 0.1) is 0 Å². The van der Waals surface area contributed by atoms with E-state index in [0.29, 0.717) is 30.6 Å². The van der Waals surface area contributed by atoms with Gasteiger partial charge in [0, 0.05) is 35.3 Å². The number of carbonyl (C=O) groups is 1. The summed E-state index contributed by atoms with van der Waals surface area (Å²) in [6.45, 7) is 9.14. The molecule has 0 atom stereocenters. The first-order valence-corrected chi connectivity index (χ1v) is 11.9. The number of hydrogen-bond acceptors (Lipinski definition) is 3. The summed E-state index contributed by atoms with van der Waals surface area (Å²) in [6.07, 6.45) is 6.74. The van der Waals surface area contributed by atoms with Gasteiger partial charge >= 0.3 is 0 Å². The van der Waals surface area contributed by atoms with Gasteiger partial charge in [-0.2, -0.15) is 5.10 Å². The molecule has 1 aliphatic rings. The molecule has 1 aliphatic heterocycles. The molecule has 5 rings (SSSR count). The molecule has 0 unspecified atom stereocenters. The minimum atomic E-state index is 0.348. The number of nitrogens with zero attached hydrogens (tertiary/aromatic N) is 3. The van der Waals surface area contributed by atoms with Gasteiger partial charge in [-0.3, -0.25) is 9.69 Å². The number of hydrogen-bond donors (Lipinski definition) is 1. The third-order valence-electron chi connectivity index (χ3n) is 6.98. The summed E-state index contributed by atoms with van der Waals surface area (Å²) in [6, 6.07) is 13.4. The predicted octanol–water partition coefficient (Wildman–Crippen LogP) is 5.76. The highest BCUT2D eigenvalue weighted by Gasteiger charge is 2.23. The van der Waals surface area contributed by atoms with Crippen molar-refractivity contribution in [3.05, 3.63) is 59.9 Å². The molecule has 5 heteroatoms. The van der Waals surface area contributed by atoms with Crippen molar-refractivity contribution in [2.75, 3.05) is 19.6 Å². The van der Waals surface area contributed by atoms with Gasteiger partial charge in [-0.15, -0.1) is 0 Å². The average Bonchev–Trinajstić information content (AvgIpc) is 3.42. The van der Waals surface area contributed by atoms with Crippen LogP contribution < -0.4 is 0 Å². The molecular formula is C27H32N4O. The van der Waals surface area contributed by atoms with E-state index in [9.17, 15) is 4.79 Å². The number of aromatic nitrogens is 3. The van der Waals surface area contributed by atoms with Crippen molar-refractivity contribution in [1.82, 2.24) is 19.5 Å². The van der Waals surface area contributed by atoms with E-state index in [1.54, 1.807) is 0 Å². The summed E-state index contributed by atoms with van der Waals surface area (Å²) in [5.41, 5.74) is 7.53. The van der Waals surface area contributed by atoms with Gasteiger partial charge in [-0.1, -0.05) is 26.8 Å². The number of rotatable bonds is 6. The van der Waals surface area contributed by atoms with Gasteiger partial charge < -0.3 is 4.98 Å². The monoisotopic (exact) mass is 428 g/mol. The second-order valence-corrected chi connectivity index (χ2v) is 9.43. The Bertz CT molecular complexity index is 1260. The molecule has 0 saturated carbocycles. The Morgan fingerprint density at radius 3 is 2.72 bits per heavy atom.